The SMILES string of the molecule is C/C=C/N(C)S(=O)(=O)c1ccsc1C(=O)Nc1cccc(C(=O)NC)c1. The molecule has 138 valence electrons. The van der Waals surface area contributed by atoms with Crippen LogP contribution in [0, 0.1) is 0 Å². The number of hydrogen-bond donors (Lipinski definition) is 2. The Bertz CT molecular complexity index is 948. The normalized spacial score (nSPS) is 11.3. The molecule has 1 aromatic heterocycles. The predicted octanol–water partition coefficient (Wildman–Crippen LogP) is 2.51. The minimum atomic E-state index is -3.82. The Morgan fingerprint density at radius 2 is 1.92 bits per heavy atom. The molecule has 0 atom stereocenters. The molecule has 0 aliphatic rings. The van der Waals surface area contributed by atoms with E-state index in [1.165, 1.54) is 32.4 Å². The summed E-state index contributed by atoms with van der Waals surface area (Å²) in [6, 6.07) is 7.78. The number of hydrogen-bond acceptors (Lipinski definition) is 5. The van der Waals surface area contributed by atoms with E-state index in [9.17, 15) is 18.0 Å². The smallest absolute Gasteiger partial charge is 0.267 e. The van der Waals surface area contributed by atoms with Crippen molar-refractivity contribution in [3.8, 4) is 0 Å². The Hall–Kier alpha value is -2.65. The highest BCUT2D eigenvalue weighted by atomic mass is 32.2. The maximum absolute atomic E-state index is 12.6. The van der Waals surface area contributed by atoms with Gasteiger partial charge in [0.05, 0.1) is 0 Å². The molecule has 2 rings (SSSR count). The standard InChI is InChI=1S/C17H19N3O4S2/c1-4-9-20(3)26(23,24)14-8-10-25-15(14)17(22)19-13-7-5-6-12(11-13)16(21)18-2/h4-11H,1-3H3,(H,18,21)(H,19,22)/b9-4+. The highest BCUT2D eigenvalue weighted by Crippen LogP contribution is 2.26. The largest absolute Gasteiger partial charge is 0.355 e. The van der Waals surface area contributed by atoms with E-state index in [0.29, 0.717) is 11.3 Å². The molecule has 0 saturated carbocycles. The molecule has 26 heavy (non-hydrogen) atoms. The summed E-state index contributed by atoms with van der Waals surface area (Å²) < 4.78 is 26.2. The Morgan fingerprint density at radius 3 is 2.58 bits per heavy atom. The van der Waals surface area contributed by atoms with Crippen LogP contribution in [0.3, 0.4) is 0 Å². The van der Waals surface area contributed by atoms with Crippen molar-refractivity contribution in [3.63, 3.8) is 0 Å². The summed E-state index contributed by atoms with van der Waals surface area (Å²) in [6.07, 6.45) is 3.00. The van der Waals surface area contributed by atoms with Crippen LogP contribution in [0.5, 0.6) is 0 Å². The van der Waals surface area contributed by atoms with Gasteiger partial charge in [0.15, 0.2) is 0 Å². The van der Waals surface area contributed by atoms with E-state index in [2.05, 4.69) is 10.6 Å². The second-order valence-corrected chi connectivity index (χ2v) is 8.11. The number of carbonyl (C=O) groups is 2. The number of nitrogens with one attached hydrogen (secondary N) is 2. The highest BCUT2D eigenvalue weighted by molar-refractivity contribution is 7.89. The number of thiophene rings is 1. The molecule has 1 aromatic carbocycles. The van der Waals surface area contributed by atoms with Gasteiger partial charge in [0.2, 0.25) is 0 Å². The van der Waals surface area contributed by atoms with Crippen LogP contribution in [0.2, 0.25) is 0 Å². The van der Waals surface area contributed by atoms with Gasteiger partial charge in [-0.05, 0) is 36.6 Å². The van der Waals surface area contributed by atoms with E-state index in [1.54, 1.807) is 36.6 Å². The van der Waals surface area contributed by atoms with Crippen LogP contribution in [0.1, 0.15) is 27.0 Å². The highest BCUT2D eigenvalue weighted by Gasteiger charge is 2.26. The van der Waals surface area contributed by atoms with Crippen LogP contribution in [0.25, 0.3) is 0 Å². The zero-order valence-corrected chi connectivity index (χ0v) is 16.1. The van der Waals surface area contributed by atoms with Gasteiger partial charge >= 0.3 is 0 Å². The average molecular weight is 393 g/mol. The topological polar surface area (TPSA) is 95.6 Å². The number of nitrogens with zero attached hydrogens (tertiary/aromatic N) is 1. The van der Waals surface area contributed by atoms with Crippen LogP contribution in [-0.2, 0) is 10.0 Å². The van der Waals surface area contributed by atoms with Crippen molar-refractivity contribution in [1.82, 2.24) is 9.62 Å². The van der Waals surface area contributed by atoms with Gasteiger partial charge in [-0.25, -0.2) is 8.42 Å². The zero-order valence-electron chi connectivity index (χ0n) is 14.5. The second kappa shape index (κ2) is 8.15. The lowest BCUT2D eigenvalue weighted by Gasteiger charge is -2.15. The summed E-state index contributed by atoms with van der Waals surface area (Å²) in [5, 5.41) is 6.69. The van der Waals surface area contributed by atoms with Crippen molar-refractivity contribution >= 4 is 38.9 Å². The van der Waals surface area contributed by atoms with Gasteiger partial charge in [-0.1, -0.05) is 12.1 Å². The molecule has 2 aromatic rings. The van der Waals surface area contributed by atoms with Gasteiger partial charge in [0, 0.05) is 31.5 Å². The van der Waals surface area contributed by atoms with Gasteiger partial charge in [-0.3, -0.25) is 13.9 Å². The average Bonchev–Trinajstić information content (AvgIpc) is 3.12. The first-order chi connectivity index (χ1) is 12.3. The number of carbonyl (C=O) groups excluding carboxylic acids is 2. The number of amides is 2. The van der Waals surface area contributed by atoms with Gasteiger partial charge in [-0.15, -0.1) is 11.3 Å². The third kappa shape index (κ3) is 4.12. The van der Waals surface area contributed by atoms with Crippen molar-refractivity contribution in [2.45, 2.75) is 11.8 Å². The summed E-state index contributed by atoms with van der Waals surface area (Å²) >= 11 is 1.03. The molecular weight excluding hydrogens is 374 g/mol. The molecule has 0 fully saturated rings. The predicted molar refractivity (Wildman–Crippen MR) is 102 cm³/mol. The molecular formula is C17H19N3O4S2. The molecule has 0 spiro atoms. The van der Waals surface area contributed by atoms with E-state index >= 15 is 0 Å². The second-order valence-electron chi connectivity index (χ2n) is 5.23. The molecule has 0 radical (unpaired) electrons. The third-order valence-electron chi connectivity index (χ3n) is 3.46. The third-order valence-corrected chi connectivity index (χ3v) is 6.28. The maximum atomic E-state index is 12.6. The first kappa shape index (κ1) is 19.7. The molecule has 0 saturated heterocycles. The molecule has 0 bridgehead atoms. The quantitative estimate of drug-likeness (QED) is 0.788. The summed E-state index contributed by atoms with van der Waals surface area (Å²) in [7, 11) is -0.903. The first-order valence-corrected chi connectivity index (χ1v) is 9.95. The molecule has 2 amide bonds. The maximum Gasteiger partial charge on any atom is 0.267 e. The lowest BCUT2D eigenvalue weighted by atomic mass is 10.2. The number of allylic oxidation sites excluding steroid dienone is 1. The Labute approximate surface area is 156 Å². The van der Waals surface area contributed by atoms with Crippen LogP contribution in [-0.4, -0.2) is 38.6 Å². The summed E-state index contributed by atoms with van der Waals surface area (Å²) in [5.74, 6) is -0.838. The molecule has 0 aliphatic carbocycles. The summed E-state index contributed by atoms with van der Waals surface area (Å²) in [4.78, 5) is 24.3. The number of rotatable bonds is 6. The minimum Gasteiger partial charge on any atom is -0.355 e. The lowest BCUT2D eigenvalue weighted by molar-refractivity contribution is 0.0961. The van der Waals surface area contributed by atoms with Crippen LogP contribution < -0.4 is 10.6 Å². The van der Waals surface area contributed by atoms with Crippen molar-refractivity contribution < 1.29 is 18.0 Å². The fourth-order valence-corrected chi connectivity index (χ4v) is 4.57. The molecule has 2 N–H and O–H groups in total. The molecule has 0 unspecified atom stereocenters. The van der Waals surface area contributed by atoms with Crippen molar-refractivity contribution in [2.24, 2.45) is 0 Å². The Morgan fingerprint density at radius 1 is 1.19 bits per heavy atom. The van der Waals surface area contributed by atoms with Gasteiger partial charge < -0.3 is 10.6 Å². The fraction of sp³-hybridized carbons (Fsp3) is 0.176. The van der Waals surface area contributed by atoms with Crippen LogP contribution in [0.15, 0.2) is 52.9 Å². The van der Waals surface area contributed by atoms with E-state index in [1.807, 2.05) is 0 Å². The zero-order chi connectivity index (χ0) is 19.3. The van der Waals surface area contributed by atoms with Crippen molar-refractivity contribution in [1.29, 1.82) is 0 Å². The first-order valence-electron chi connectivity index (χ1n) is 7.63. The van der Waals surface area contributed by atoms with Gasteiger partial charge in [0.1, 0.15) is 9.77 Å². The Balaban J connectivity index is 2.30. The molecule has 7 nitrogen and oxygen atoms in total. The van der Waals surface area contributed by atoms with E-state index in [4.69, 9.17) is 0 Å². The Kier molecular flexibility index (Phi) is 6.17. The minimum absolute atomic E-state index is 0.0666. The van der Waals surface area contributed by atoms with E-state index < -0.39 is 15.9 Å². The van der Waals surface area contributed by atoms with Crippen LogP contribution >= 0.6 is 11.3 Å². The molecule has 1 heterocycles. The summed E-state index contributed by atoms with van der Waals surface area (Å²) in [6.45, 7) is 1.70. The number of benzene rings is 1. The van der Waals surface area contributed by atoms with Gasteiger partial charge in [-0.2, -0.15) is 0 Å². The van der Waals surface area contributed by atoms with Gasteiger partial charge in [0.25, 0.3) is 21.8 Å². The summed E-state index contributed by atoms with van der Waals surface area (Å²) in [5.41, 5.74) is 0.784. The fourth-order valence-electron chi connectivity index (χ4n) is 2.18. The molecule has 0 aliphatic heterocycles. The van der Waals surface area contributed by atoms with E-state index in [-0.39, 0.29) is 15.7 Å². The van der Waals surface area contributed by atoms with Crippen molar-refractivity contribution in [3.05, 3.63) is 58.4 Å². The van der Waals surface area contributed by atoms with Crippen molar-refractivity contribution in [2.75, 3.05) is 19.4 Å². The number of sulfonamides is 1. The number of anilines is 1. The van der Waals surface area contributed by atoms with E-state index in [0.717, 1.165) is 15.6 Å². The molecule has 9 heteroatoms. The monoisotopic (exact) mass is 393 g/mol. The lowest BCUT2D eigenvalue weighted by Crippen LogP contribution is -2.24. The van der Waals surface area contributed by atoms with Crippen LogP contribution in [0.4, 0.5) is 5.69 Å².